The van der Waals surface area contributed by atoms with Crippen LogP contribution in [-0.2, 0) is 21.2 Å². The lowest BCUT2D eigenvalue weighted by molar-refractivity contribution is -0.116. The highest BCUT2D eigenvalue weighted by atomic mass is 32.2. The Morgan fingerprint density at radius 2 is 1.89 bits per heavy atom. The molecule has 9 nitrogen and oxygen atoms in total. The maximum Gasteiger partial charge on any atom is 0.243 e. The second-order valence-electron chi connectivity index (χ2n) is 9.88. The Labute approximate surface area is 220 Å². The van der Waals surface area contributed by atoms with Gasteiger partial charge in [0, 0.05) is 50.2 Å². The van der Waals surface area contributed by atoms with Crippen molar-refractivity contribution in [1.29, 1.82) is 0 Å². The van der Waals surface area contributed by atoms with Crippen molar-refractivity contribution in [2.45, 2.75) is 50.1 Å². The number of pyridine rings is 2. The van der Waals surface area contributed by atoms with E-state index < -0.39 is 15.8 Å². The van der Waals surface area contributed by atoms with Crippen molar-refractivity contribution in [2.24, 2.45) is 0 Å². The summed E-state index contributed by atoms with van der Waals surface area (Å²) >= 11 is 0. The van der Waals surface area contributed by atoms with Crippen LogP contribution in [0.2, 0.25) is 0 Å². The number of sulfonamides is 1. The Kier molecular flexibility index (Phi) is 5.99. The van der Waals surface area contributed by atoms with Gasteiger partial charge in [0.25, 0.3) is 0 Å². The first kappa shape index (κ1) is 24.6. The summed E-state index contributed by atoms with van der Waals surface area (Å²) in [6.45, 7) is 4.10. The van der Waals surface area contributed by atoms with Gasteiger partial charge in [-0.05, 0) is 68.1 Å². The SMILES string of the molecule is CC(=O)N1c2ccc(S(=O)(=O)N3CCC(n4c(-c5ccncc5F)nc5cccnc54)CC3)cc2CC1C. The van der Waals surface area contributed by atoms with Crippen molar-refractivity contribution in [3.63, 3.8) is 0 Å². The molecule has 2 aliphatic rings. The summed E-state index contributed by atoms with van der Waals surface area (Å²) < 4.78 is 45.3. The summed E-state index contributed by atoms with van der Waals surface area (Å²) in [5.74, 6) is -0.0672. The molecule has 0 saturated carbocycles. The van der Waals surface area contributed by atoms with Gasteiger partial charge in [0.2, 0.25) is 15.9 Å². The molecule has 38 heavy (non-hydrogen) atoms. The molecule has 4 aromatic rings. The first-order valence-corrected chi connectivity index (χ1v) is 14.1. The molecule has 0 radical (unpaired) electrons. The van der Waals surface area contributed by atoms with Crippen LogP contribution in [-0.4, -0.2) is 57.3 Å². The van der Waals surface area contributed by atoms with E-state index in [0.29, 0.717) is 54.9 Å². The summed E-state index contributed by atoms with van der Waals surface area (Å²) in [6, 6.07) is 10.1. The number of hydrogen-bond acceptors (Lipinski definition) is 6. The standard InChI is InChI=1S/C27H27FN6O3S/c1-17-14-19-15-21(5-6-25(19)33(17)18(2)35)38(36,37)32-12-8-20(9-13-32)34-26(22-7-11-29-16-23(22)28)31-24-4-3-10-30-27(24)34/h3-7,10-11,15-17,20H,8-9,12-14H2,1-2H3. The minimum Gasteiger partial charge on any atom is -0.309 e. The highest BCUT2D eigenvalue weighted by molar-refractivity contribution is 7.89. The van der Waals surface area contributed by atoms with Crippen molar-refractivity contribution in [3.05, 3.63) is 66.4 Å². The second-order valence-corrected chi connectivity index (χ2v) is 11.8. The number of nitrogens with zero attached hydrogens (tertiary/aromatic N) is 6. The van der Waals surface area contributed by atoms with Gasteiger partial charge in [0.05, 0.1) is 16.7 Å². The Hall–Kier alpha value is -3.70. The van der Waals surface area contributed by atoms with Gasteiger partial charge in [-0.15, -0.1) is 0 Å². The Bertz CT molecular complexity index is 1660. The zero-order chi connectivity index (χ0) is 26.6. The number of amides is 1. The van der Waals surface area contributed by atoms with Crippen LogP contribution in [0, 0.1) is 5.82 Å². The topological polar surface area (TPSA) is 101 Å². The van der Waals surface area contributed by atoms with E-state index in [2.05, 4.69) is 15.0 Å². The van der Waals surface area contributed by atoms with Crippen molar-refractivity contribution in [1.82, 2.24) is 23.8 Å². The summed E-state index contributed by atoms with van der Waals surface area (Å²) in [6.07, 6.45) is 6.04. The van der Waals surface area contributed by atoms with Crippen LogP contribution in [0.1, 0.15) is 38.3 Å². The fourth-order valence-electron chi connectivity index (χ4n) is 5.76. The van der Waals surface area contributed by atoms with Gasteiger partial charge >= 0.3 is 0 Å². The monoisotopic (exact) mass is 534 g/mol. The molecule has 5 heterocycles. The van der Waals surface area contributed by atoms with Crippen molar-refractivity contribution < 1.29 is 17.6 Å². The molecule has 6 rings (SSSR count). The summed E-state index contributed by atoms with van der Waals surface area (Å²) in [7, 11) is -3.72. The zero-order valence-electron chi connectivity index (χ0n) is 21.1. The van der Waals surface area contributed by atoms with Crippen LogP contribution in [0.3, 0.4) is 0 Å². The van der Waals surface area contributed by atoms with Gasteiger partial charge in [0.15, 0.2) is 11.5 Å². The molecule has 1 saturated heterocycles. The summed E-state index contributed by atoms with van der Waals surface area (Å²) in [4.78, 5) is 27.0. The molecule has 0 spiro atoms. The molecule has 1 aromatic carbocycles. The smallest absolute Gasteiger partial charge is 0.243 e. The largest absolute Gasteiger partial charge is 0.309 e. The van der Waals surface area contributed by atoms with E-state index in [1.165, 1.54) is 17.4 Å². The van der Waals surface area contributed by atoms with E-state index in [9.17, 15) is 17.6 Å². The molecule has 196 valence electrons. The van der Waals surface area contributed by atoms with Gasteiger partial charge in [0.1, 0.15) is 11.3 Å². The van der Waals surface area contributed by atoms with Crippen molar-refractivity contribution in [3.8, 4) is 11.4 Å². The van der Waals surface area contributed by atoms with Gasteiger partial charge in [-0.1, -0.05) is 0 Å². The molecule has 1 amide bonds. The number of hydrogen-bond donors (Lipinski definition) is 0. The lowest BCUT2D eigenvalue weighted by atomic mass is 10.1. The molecule has 11 heteroatoms. The number of benzene rings is 1. The molecular weight excluding hydrogens is 507 g/mol. The van der Waals surface area contributed by atoms with E-state index in [0.717, 1.165) is 17.4 Å². The Morgan fingerprint density at radius 1 is 1.11 bits per heavy atom. The zero-order valence-corrected chi connectivity index (χ0v) is 21.9. The maximum atomic E-state index is 14.7. The average molecular weight is 535 g/mol. The van der Waals surface area contributed by atoms with Crippen LogP contribution in [0.25, 0.3) is 22.6 Å². The Morgan fingerprint density at radius 3 is 2.63 bits per heavy atom. The molecule has 1 fully saturated rings. The number of aromatic nitrogens is 4. The predicted octanol–water partition coefficient (Wildman–Crippen LogP) is 3.96. The van der Waals surface area contributed by atoms with Crippen LogP contribution >= 0.6 is 0 Å². The van der Waals surface area contributed by atoms with Crippen LogP contribution in [0.5, 0.6) is 0 Å². The van der Waals surface area contributed by atoms with Gasteiger partial charge in [-0.25, -0.2) is 22.8 Å². The number of anilines is 1. The Balaban J connectivity index is 1.28. The third-order valence-corrected chi connectivity index (χ3v) is 9.39. The van der Waals surface area contributed by atoms with E-state index in [1.807, 2.05) is 17.6 Å². The summed E-state index contributed by atoms with van der Waals surface area (Å²) in [5.41, 5.74) is 3.27. The molecule has 2 aliphatic heterocycles. The van der Waals surface area contributed by atoms with Gasteiger partial charge in [-0.3, -0.25) is 9.78 Å². The molecule has 1 atom stereocenters. The normalized spacial score (nSPS) is 18.7. The average Bonchev–Trinajstić information content (AvgIpc) is 3.45. The molecule has 0 N–H and O–H groups in total. The predicted molar refractivity (Wildman–Crippen MR) is 141 cm³/mol. The number of piperidine rings is 1. The molecule has 3 aromatic heterocycles. The molecule has 0 aliphatic carbocycles. The van der Waals surface area contributed by atoms with Crippen LogP contribution in [0.15, 0.2) is 59.9 Å². The lowest BCUT2D eigenvalue weighted by Crippen LogP contribution is -2.39. The highest BCUT2D eigenvalue weighted by Gasteiger charge is 2.35. The third kappa shape index (κ3) is 3.97. The highest BCUT2D eigenvalue weighted by Crippen LogP contribution is 2.37. The minimum atomic E-state index is -3.72. The quantitative estimate of drug-likeness (QED) is 0.393. The lowest BCUT2D eigenvalue weighted by Gasteiger charge is -2.32. The van der Waals surface area contributed by atoms with Gasteiger partial charge in [-0.2, -0.15) is 4.31 Å². The second kappa shape index (κ2) is 9.25. The van der Waals surface area contributed by atoms with E-state index in [1.54, 1.807) is 41.4 Å². The van der Waals surface area contributed by atoms with E-state index >= 15 is 0 Å². The van der Waals surface area contributed by atoms with Crippen molar-refractivity contribution in [2.75, 3.05) is 18.0 Å². The number of halogens is 1. The molecule has 1 unspecified atom stereocenters. The van der Waals surface area contributed by atoms with Crippen molar-refractivity contribution >= 4 is 32.8 Å². The van der Waals surface area contributed by atoms with E-state index in [-0.39, 0.29) is 22.9 Å². The number of carbonyl (C=O) groups is 1. The summed E-state index contributed by atoms with van der Waals surface area (Å²) in [5, 5.41) is 0. The molecule has 0 bridgehead atoms. The first-order valence-electron chi connectivity index (χ1n) is 12.6. The van der Waals surface area contributed by atoms with Gasteiger partial charge < -0.3 is 9.47 Å². The third-order valence-electron chi connectivity index (χ3n) is 7.49. The number of imidazole rings is 1. The maximum absolute atomic E-state index is 14.7. The van der Waals surface area contributed by atoms with Crippen LogP contribution < -0.4 is 4.90 Å². The fourth-order valence-corrected chi connectivity index (χ4v) is 7.28. The number of rotatable bonds is 4. The fraction of sp³-hybridized carbons (Fsp3) is 0.333. The molecular formula is C27H27FN6O3S. The first-order chi connectivity index (χ1) is 18.3. The minimum absolute atomic E-state index is 0.00533. The number of fused-ring (bicyclic) bond motifs is 2. The van der Waals surface area contributed by atoms with E-state index in [4.69, 9.17) is 0 Å². The number of carbonyl (C=O) groups excluding carboxylic acids is 1. The van der Waals surface area contributed by atoms with Crippen LogP contribution in [0.4, 0.5) is 10.1 Å².